The molecular weight excluding hydrogens is 1120 g/mol. The van der Waals surface area contributed by atoms with Crippen molar-refractivity contribution in [1.82, 2.24) is 55.6 Å². The van der Waals surface area contributed by atoms with Crippen molar-refractivity contribution in [3.05, 3.63) is 12.2 Å². The van der Waals surface area contributed by atoms with Crippen molar-refractivity contribution in [1.29, 1.82) is 0 Å². The normalized spacial score (nSPS) is 26.6. The maximum Gasteiger partial charge on any atom is 0.246 e. The lowest BCUT2D eigenvalue weighted by Crippen LogP contribution is -2.63. The molecular formula is C63H114N12O12. The smallest absolute Gasteiger partial charge is 0.246 e. The summed E-state index contributed by atoms with van der Waals surface area (Å²) in [5, 5.41) is 23.2. The summed E-state index contributed by atoms with van der Waals surface area (Å²) in [6.45, 7) is 27.8. The fraction of sp³-hybridized carbons (Fsp3) is 0.794. The summed E-state index contributed by atoms with van der Waals surface area (Å²) in [6.07, 6.45) is 2.90. The molecule has 12 atom stereocenters. The van der Waals surface area contributed by atoms with Gasteiger partial charge in [0.15, 0.2) is 0 Å². The van der Waals surface area contributed by atoms with Crippen LogP contribution < -0.4 is 27.0 Å². The van der Waals surface area contributed by atoms with E-state index in [1.165, 1.54) is 80.8 Å². The number of carbonyl (C=O) groups excluding carboxylic acids is 11. The summed E-state index contributed by atoms with van der Waals surface area (Å²) in [6, 6.07) is -12.6. The molecule has 498 valence electrons. The zero-order chi connectivity index (χ0) is 67.4. The van der Waals surface area contributed by atoms with Crippen molar-refractivity contribution >= 4 is 65.0 Å². The van der Waals surface area contributed by atoms with Gasteiger partial charge in [0.2, 0.25) is 65.0 Å². The van der Waals surface area contributed by atoms with E-state index < -0.39 is 156 Å². The standard InChI is InChI=1S/C63H114N12O12/c1-24-26-27-41(15)53(77)52-57(81)66-43(25-2)58(82)69(17)34-49(76)70(18)45(30-35(3)4)56(80)68-50(39(11)12)62(86)71(19)46(31-36(5)6)55(79)65-42(16)54(78)67-44(28-29-64)59(83)72(20)47(32-37(7)8)60(84)73(21)48(33-38(9)10)61(85)74(22)51(40(13)14)63(87)75(52)23/h24,26,35-48,50-53,77H,25,27-34,64H2,1-23H3,(H,65,79)(H,66,81)(H,67,78)(H,68,80)/b26-24+/t41-,42+,43+,44-,45+,46+,47+,48+,50+,51+,52+,53-/m1/s1. The summed E-state index contributed by atoms with van der Waals surface area (Å²) in [7, 11) is 9.89. The Bertz CT molecular complexity index is 2360. The first kappa shape index (κ1) is 78.8. The van der Waals surface area contributed by atoms with E-state index in [1.54, 1.807) is 60.6 Å². The van der Waals surface area contributed by atoms with Gasteiger partial charge < -0.3 is 66.4 Å². The molecule has 0 saturated carbocycles. The molecule has 0 aliphatic carbocycles. The molecule has 1 heterocycles. The van der Waals surface area contributed by atoms with Gasteiger partial charge >= 0.3 is 0 Å². The minimum Gasteiger partial charge on any atom is -0.390 e. The van der Waals surface area contributed by atoms with Gasteiger partial charge in [0, 0.05) is 49.3 Å². The van der Waals surface area contributed by atoms with Crippen molar-refractivity contribution in [2.24, 2.45) is 47.2 Å². The van der Waals surface area contributed by atoms with Crippen LogP contribution >= 0.6 is 0 Å². The third kappa shape index (κ3) is 22.4. The Morgan fingerprint density at radius 2 is 0.920 bits per heavy atom. The monoisotopic (exact) mass is 1230 g/mol. The van der Waals surface area contributed by atoms with Crippen molar-refractivity contribution in [2.45, 2.75) is 222 Å². The molecule has 7 N–H and O–H groups in total. The number of amides is 11. The van der Waals surface area contributed by atoms with E-state index >= 15 is 14.4 Å². The van der Waals surface area contributed by atoms with Crippen LogP contribution in [0.1, 0.15) is 156 Å². The minimum absolute atomic E-state index is 0.0182. The summed E-state index contributed by atoms with van der Waals surface area (Å²) >= 11 is 0. The molecule has 0 bridgehead atoms. The van der Waals surface area contributed by atoms with Crippen LogP contribution in [-0.4, -0.2) is 233 Å². The van der Waals surface area contributed by atoms with Crippen LogP contribution in [0, 0.1) is 41.4 Å². The second-order valence-electron chi connectivity index (χ2n) is 26.5. The van der Waals surface area contributed by atoms with Crippen LogP contribution in [0.25, 0.3) is 0 Å². The van der Waals surface area contributed by atoms with Crippen LogP contribution in [0.4, 0.5) is 0 Å². The maximum atomic E-state index is 15.2. The molecule has 87 heavy (non-hydrogen) atoms. The van der Waals surface area contributed by atoms with Gasteiger partial charge in [-0.15, -0.1) is 0 Å². The number of hydrogen-bond donors (Lipinski definition) is 6. The molecule has 1 rings (SSSR count). The molecule has 0 aromatic heterocycles. The number of allylic oxidation sites excluding steroid dienone is 2. The summed E-state index contributed by atoms with van der Waals surface area (Å²) in [5.74, 6) is -9.94. The third-order valence-electron chi connectivity index (χ3n) is 16.4. The van der Waals surface area contributed by atoms with E-state index in [0.29, 0.717) is 6.42 Å². The predicted octanol–water partition coefficient (Wildman–Crippen LogP) is 2.60. The van der Waals surface area contributed by atoms with Gasteiger partial charge in [-0.25, -0.2) is 0 Å². The highest BCUT2D eigenvalue weighted by Crippen LogP contribution is 2.26. The lowest BCUT2D eigenvalue weighted by Gasteiger charge is -2.41. The Morgan fingerprint density at radius 1 is 0.494 bits per heavy atom. The van der Waals surface area contributed by atoms with Gasteiger partial charge in [0.1, 0.15) is 60.4 Å². The number of aliphatic hydroxyl groups excluding tert-OH is 1. The number of hydrogen-bond acceptors (Lipinski definition) is 13. The number of nitrogens with one attached hydrogen (secondary N) is 4. The van der Waals surface area contributed by atoms with Gasteiger partial charge in [-0.2, -0.15) is 0 Å². The highest BCUT2D eigenvalue weighted by molar-refractivity contribution is 5.99. The lowest BCUT2D eigenvalue weighted by molar-refractivity contribution is -0.157. The zero-order valence-corrected chi connectivity index (χ0v) is 57.1. The second-order valence-corrected chi connectivity index (χ2v) is 26.5. The van der Waals surface area contributed by atoms with Crippen molar-refractivity contribution in [3.63, 3.8) is 0 Å². The van der Waals surface area contributed by atoms with E-state index in [-0.39, 0.29) is 68.7 Å². The maximum absolute atomic E-state index is 15.2. The predicted molar refractivity (Wildman–Crippen MR) is 336 cm³/mol. The quantitative estimate of drug-likeness (QED) is 0.114. The topological polar surface area (TPSA) is 305 Å². The van der Waals surface area contributed by atoms with E-state index in [1.807, 2.05) is 55.4 Å². The van der Waals surface area contributed by atoms with Crippen LogP contribution in [-0.2, 0) is 52.7 Å². The first-order valence-electron chi connectivity index (χ1n) is 31.3. The second kappa shape index (κ2) is 36.3. The van der Waals surface area contributed by atoms with Gasteiger partial charge in [-0.3, -0.25) is 52.7 Å². The van der Waals surface area contributed by atoms with Crippen molar-refractivity contribution in [2.75, 3.05) is 62.4 Å². The first-order chi connectivity index (χ1) is 40.2. The molecule has 0 unspecified atom stereocenters. The molecule has 0 spiro atoms. The Hall–Kier alpha value is -6.17. The molecule has 1 saturated heterocycles. The molecule has 0 aromatic carbocycles. The third-order valence-corrected chi connectivity index (χ3v) is 16.4. The number of aliphatic hydroxyl groups is 1. The average molecular weight is 1230 g/mol. The fourth-order valence-electron chi connectivity index (χ4n) is 10.9. The largest absolute Gasteiger partial charge is 0.390 e. The number of nitrogens with zero attached hydrogens (tertiary/aromatic N) is 7. The van der Waals surface area contributed by atoms with E-state index in [4.69, 9.17) is 5.73 Å². The van der Waals surface area contributed by atoms with Gasteiger partial charge in [-0.05, 0) is 107 Å². The molecule has 24 heteroatoms. The molecule has 11 amide bonds. The Kier molecular flexibility index (Phi) is 32.9. The Balaban J connectivity index is 4.39. The molecule has 0 aromatic rings. The van der Waals surface area contributed by atoms with Crippen LogP contribution in [0.5, 0.6) is 0 Å². The van der Waals surface area contributed by atoms with Crippen molar-refractivity contribution in [3.8, 4) is 0 Å². The van der Waals surface area contributed by atoms with Gasteiger partial charge in [0.25, 0.3) is 0 Å². The fourth-order valence-corrected chi connectivity index (χ4v) is 10.9. The first-order valence-corrected chi connectivity index (χ1v) is 31.3. The van der Waals surface area contributed by atoms with Crippen LogP contribution in [0.15, 0.2) is 12.2 Å². The average Bonchev–Trinajstić information content (AvgIpc) is 1.08. The van der Waals surface area contributed by atoms with Gasteiger partial charge in [0.05, 0.1) is 12.6 Å². The van der Waals surface area contributed by atoms with E-state index in [9.17, 15) is 43.5 Å². The Morgan fingerprint density at radius 3 is 1.37 bits per heavy atom. The van der Waals surface area contributed by atoms with E-state index in [2.05, 4.69) is 21.3 Å². The SMILES string of the molecule is C/C=C/C[C@@H](C)[C@@H](O)[C@H]1C(=O)N[C@@H](CC)C(=O)N(C)CC(=O)N(C)[C@@H](CC(C)C)C(=O)N[C@@H](C(C)C)C(=O)N(C)[C@@H](CC(C)C)C(=O)N[C@@H](C)C(=O)N[C@H](CCN)C(=O)N(C)[C@@H](CC(C)C)C(=O)N(C)[C@@H](CC(C)C)C(=O)N(C)[C@@H](C(C)C)C(=O)N1C. The highest BCUT2D eigenvalue weighted by atomic mass is 16.3. The summed E-state index contributed by atoms with van der Waals surface area (Å²) < 4.78 is 0. The zero-order valence-electron chi connectivity index (χ0n) is 57.1. The number of likely N-dealkylation sites (N-methyl/N-ethyl adjacent to an activating group) is 7. The Labute approximate surface area is 520 Å². The summed E-state index contributed by atoms with van der Waals surface area (Å²) in [5.41, 5.74) is 6.04. The van der Waals surface area contributed by atoms with Crippen LogP contribution in [0.2, 0.25) is 0 Å². The molecule has 0 radical (unpaired) electrons. The number of carbonyl (C=O) groups is 11. The van der Waals surface area contributed by atoms with Crippen molar-refractivity contribution < 1.29 is 57.8 Å². The number of rotatable bonds is 17. The molecule has 24 nitrogen and oxygen atoms in total. The van der Waals surface area contributed by atoms with E-state index in [0.717, 1.165) is 9.80 Å². The molecule has 1 fully saturated rings. The molecule has 1 aliphatic rings. The van der Waals surface area contributed by atoms with Gasteiger partial charge in [-0.1, -0.05) is 109 Å². The lowest BCUT2D eigenvalue weighted by atomic mass is 9.91. The summed E-state index contributed by atoms with van der Waals surface area (Å²) in [4.78, 5) is 170. The highest BCUT2D eigenvalue weighted by Gasteiger charge is 2.46. The minimum atomic E-state index is -1.62. The number of nitrogens with two attached hydrogens (primary N) is 1. The molecule has 1 aliphatic heterocycles. The van der Waals surface area contributed by atoms with Crippen LogP contribution in [0.3, 0.4) is 0 Å².